The van der Waals surface area contributed by atoms with E-state index in [1.165, 1.54) is 29.3 Å². The van der Waals surface area contributed by atoms with Crippen molar-refractivity contribution >= 4 is 33.3 Å². The minimum atomic E-state index is -3.83. The quantitative estimate of drug-likeness (QED) is 0.605. The molecule has 34 heavy (non-hydrogen) atoms. The average molecular weight is 486 g/mol. The molecule has 1 atom stereocenters. The Morgan fingerprint density at radius 1 is 1.00 bits per heavy atom. The summed E-state index contributed by atoms with van der Waals surface area (Å²) in [4.78, 5) is 27.7. The van der Waals surface area contributed by atoms with Gasteiger partial charge in [-0.05, 0) is 74.9 Å². The highest BCUT2D eigenvalue weighted by atomic mass is 32.2. The number of carbonyl (C=O) groups is 2. The number of nitrogens with one attached hydrogen (secondary N) is 1. The van der Waals surface area contributed by atoms with E-state index in [-0.39, 0.29) is 11.4 Å². The number of benzene rings is 2. The van der Waals surface area contributed by atoms with Crippen molar-refractivity contribution in [2.24, 2.45) is 0 Å². The van der Waals surface area contributed by atoms with Gasteiger partial charge >= 0.3 is 5.97 Å². The minimum Gasteiger partial charge on any atom is -0.454 e. The summed E-state index contributed by atoms with van der Waals surface area (Å²) in [5.74, 6) is -1.16. The number of sulfonamides is 1. The third-order valence-electron chi connectivity index (χ3n) is 6.38. The summed E-state index contributed by atoms with van der Waals surface area (Å²) < 4.78 is 32.6. The second kappa shape index (κ2) is 10.6. The van der Waals surface area contributed by atoms with Gasteiger partial charge in [0.25, 0.3) is 5.91 Å². The molecule has 0 bridgehead atoms. The molecule has 9 heteroatoms. The minimum absolute atomic E-state index is 0.139. The van der Waals surface area contributed by atoms with E-state index in [0.29, 0.717) is 18.5 Å². The summed E-state index contributed by atoms with van der Waals surface area (Å²) in [6.45, 7) is 3.78. The Labute approximate surface area is 200 Å². The number of piperidine rings is 1. The van der Waals surface area contributed by atoms with Crippen LogP contribution in [0.4, 0.5) is 11.4 Å². The van der Waals surface area contributed by atoms with Gasteiger partial charge < -0.3 is 15.0 Å². The van der Waals surface area contributed by atoms with Gasteiger partial charge in [-0.15, -0.1) is 0 Å². The van der Waals surface area contributed by atoms with E-state index in [0.717, 1.165) is 30.8 Å². The number of amides is 1. The van der Waals surface area contributed by atoms with Gasteiger partial charge in [0.2, 0.25) is 10.0 Å². The van der Waals surface area contributed by atoms with Crippen molar-refractivity contribution in [3.63, 3.8) is 0 Å². The van der Waals surface area contributed by atoms with Crippen molar-refractivity contribution in [1.29, 1.82) is 0 Å². The van der Waals surface area contributed by atoms with Gasteiger partial charge in [-0.2, -0.15) is 4.31 Å². The number of nitrogens with zero attached hydrogens (tertiary/aromatic N) is 2. The number of ether oxygens (including phenoxy) is 1. The Morgan fingerprint density at radius 3 is 2.41 bits per heavy atom. The molecule has 2 aliphatic rings. The molecule has 0 saturated carbocycles. The van der Waals surface area contributed by atoms with E-state index in [4.69, 9.17) is 4.74 Å². The Balaban J connectivity index is 1.36. The monoisotopic (exact) mass is 485 g/mol. The summed E-state index contributed by atoms with van der Waals surface area (Å²) in [5, 5.41) is 2.79. The molecule has 2 saturated heterocycles. The third kappa shape index (κ3) is 5.42. The molecule has 2 heterocycles. The number of aryl methyl sites for hydroxylation is 1. The maximum atomic E-state index is 13.1. The molecule has 2 aliphatic heterocycles. The fraction of sp³-hybridized carbons (Fsp3) is 0.440. The van der Waals surface area contributed by atoms with Crippen molar-refractivity contribution in [2.45, 2.75) is 50.0 Å². The first-order valence-corrected chi connectivity index (χ1v) is 13.2. The second-order valence-corrected chi connectivity index (χ2v) is 10.7. The lowest BCUT2D eigenvalue weighted by Crippen LogP contribution is -2.48. The van der Waals surface area contributed by atoms with Gasteiger partial charge in [0.15, 0.2) is 6.61 Å². The Morgan fingerprint density at radius 2 is 1.71 bits per heavy atom. The Kier molecular flexibility index (Phi) is 7.53. The van der Waals surface area contributed by atoms with Crippen LogP contribution in [0.5, 0.6) is 0 Å². The molecule has 182 valence electrons. The summed E-state index contributed by atoms with van der Waals surface area (Å²) in [6, 6.07) is 13.0. The highest BCUT2D eigenvalue weighted by Crippen LogP contribution is 2.27. The second-order valence-electron chi connectivity index (χ2n) is 8.79. The first-order valence-electron chi connectivity index (χ1n) is 11.8. The number of esters is 1. The summed E-state index contributed by atoms with van der Waals surface area (Å²) in [5.41, 5.74) is 2.72. The van der Waals surface area contributed by atoms with E-state index in [1.54, 1.807) is 18.2 Å². The molecule has 1 unspecified atom stereocenters. The smallest absolute Gasteiger partial charge is 0.324 e. The molecule has 2 fully saturated rings. The van der Waals surface area contributed by atoms with Gasteiger partial charge in [0.05, 0.1) is 4.90 Å². The number of carbonyl (C=O) groups excluding carboxylic acids is 2. The van der Waals surface area contributed by atoms with Gasteiger partial charge in [-0.3, -0.25) is 9.59 Å². The number of rotatable bonds is 7. The zero-order valence-electron chi connectivity index (χ0n) is 19.4. The van der Waals surface area contributed by atoms with Crippen molar-refractivity contribution in [3.05, 3.63) is 54.1 Å². The number of hydrogen-bond donors (Lipinski definition) is 1. The molecule has 2 aromatic carbocycles. The highest BCUT2D eigenvalue weighted by molar-refractivity contribution is 7.89. The fourth-order valence-electron chi connectivity index (χ4n) is 4.54. The van der Waals surface area contributed by atoms with Crippen LogP contribution in [0.2, 0.25) is 0 Å². The fourth-order valence-corrected chi connectivity index (χ4v) is 6.20. The summed E-state index contributed by atoms with van der Waals surface area (Å²) in [7, 11) is -3.83. The van der Waals surface area contributed by atoms with Crippen LogP contribution >= 0.6 is 0 Å². The van der Waals surface area contributed by atoms with Gasteiger partial charge in [0.1, 0.15) is 6.04 Å². The standard InChI is InChI=1S/C25H31N3O5S/c1-19-17-20(27-14-7-8-15-27)12-13-22(19)26-24(29)18-33-25(30)23-11-5-6-16-28(23)34(31,32)21-9-3-2-4-10-21/h2-4,9-10,12-13,17,23H,5-8,11,14-16,18H2,1H3,(H,26,29). The first-order chi connectivity index (χ1) is 16.4. The molecule has 4 rings (SSSR count). The molecule has 0 spiro atoms. The van der Waals surface area contributed by atoms with Crippen molar-refractivity contribution < 1.29 is 22.7 Å². The molecule has 8 nitrogen and oxygen atoms in total. The largest absolute Gasteiger partial charge is 0.454 e. The van der Waals surface area contributed by atoms with Gasteiger partial charge in [-0.25, -0.2) is 8.42 Å². The number of hydrogen-bond acceptors (Lipinski definition) is 6. The van der Waals surface area contributed by atoms with Crippen LogP contribution in [0.3, 0.4) is 0 Å². The maximum Gasteiger partial charge on any atom is 0.324 e. The van der Waals surface area contributed by atoms with E-state index >= 15 is 0 Å². The van der Waals surface area contributed by atoms with Gasteiger partial charge in [-0.1, -0.05) is 18.2 Å². The van der Waals surface area contributed by atoms with Gasteiger partial charge in [0, 0.05) is 31.0 Å². The van der Waals surface area contributed by atoms with Crippen LogP contribution in [-0.2, 0) is 24.3 Å². The topological polar surface area (TPSA) is 96.0 Å². The van der Waals surface area contributed by atoms with Crippen LogP contribution in [0.25, 0.3) is 0 Å². The molecule has 2 aromatic rings. The summed E-state index contributed by atoms with van der Waals surface area (Å²) >= 11 is 0. The zero-order chi connectivity index (χ0) is 24.1. The SMILES string of the molecule is Cc1cc(N2CCCC2)ccc1NC(=O)COC(=O)C1CCCCN1S(=O)(=O)c1ccccc1. The maximum absolute atomic E-state index is 13.1. The predicted octanol–water partition coefficient (Wildman–Crippen LogP) is 3.32. The molecule has 0 aliphatic carbocycles. The van der Waals surface area contributed by atoms with E-state index < -0.39 is 34.5 Å². The molecule has 1 N–H and O–H groups in total. The summed E-state index contributed by atoms with van der Waals surface area (Å²) in [6.07, 6.45) is 4.13. The molecule has 0 radical (unpaired) electrons. The predicted molar refractivity (Wildman–Crippen MR) is 130 cm³/mol. The highest BCUT2D eigenvalue weighted by Gasteiger charge is 2.38. The van der Waals surface area contributed by atoms with Crippen LogP contribution in [0.1, 0.15) is 37.7 Å². The van der Waals surface area contributed by atoms with Crippen molar-refractivity contribution in [2.75, 3.05) is 36.5 Å². The van der Waals surface area contributed by atoms with Crippen molar-refractivity contribution in [3.8, 4) is 0 Å². The number of anilines is 2. The average Bonchev–Trinajstić information content (AvgIpc) is 3.39. The molecular weight excluding hydrogens is 454 g/mol. The Bertz CT molecular complexity index is 1130. The lowest BCUT2D eigenvalue weighted by atomic mass is 10.1. The molecule has 1 amide bonds. The third-order valence-corrected chi connectivity index (χ3v) is 8.30. The van der Waals surface area contributed by atoms with E-state index in [1.807, 2.05) is 25.1 Å². The zero-order valence-corrected chi connectivity index (χ0v) is 20.2. The van der Waals surface area contributed by atoms with Crippen LogP contribution in [0.15, 0.2) is 53.4 Å². The van der Waals surface area contributed by atoms with Crippen LogP contribution < -0.4 is 10.2 Å². The van der Waals surface area contributed by atoms with Crippen LogP contribution in [0, 0.1) is 6.92 Å². The van der Waals surface area contributed by atoms with Crippen molar-refractivity contribution in [1.82, 2.24) is 4.31 Å². The van der Waals surface area contributed by atoms with Crippen LogP contribution in [-0.4, -0.2) is 56.9 Å². The van der Waals surface area contributed by atoms with E-state index in [9.17, 15) is 18.0 Å². The first kappa shape index (κ1) is 24.2. The molecular formula is C25H31N3O5S. The molecule has 0 aromatic heterocycles. The normalized spacial score (nSPS) is 19.1. The lowest BCUT2D eigenvalue weighted by Gasteiger charge is -2.32. The Hall–Kier alpha value is -2.91. The van der Waals surface area contributed by atoms with E-state index in [2.05, 4.69) is 10.2 Å². The lowest BCUT2D eigenvalue weighted by molar-refractivity contribution is -0.152.